The van der Waals surface area contributed by atoms with Gasteiger partial charge in [-0.15, -0.1) is 0 Å². The molecule has 3 rings (SSSR count). The first-order chi connectivity index (χ1) is 12.6. The minimum atomic E-state index is 0.602. The Balaban J connectivity index is 1.87. The molecule has 6 heteroatoms. The fourth-order valence-corrected chi connectivity index (χ4v) is 2.55. The number of nitrogens with one attached hydrogen (secondary N) is 2. The van der Waals surface area contributed by atoms with Crippen LogP contribution in [0.4, 0.5) is 17.5 Å². The first-order valence-corrected chi connectivity index (χ1v) is 8.83. The van der Waals surface area contributed by atoms with E-state index in [9.17, 15) is 0 Å². The summed E-state index contributed by atoms with van der Waals surface area (Å²) in [6.07, 6.45) is 0. The van der Waals surface area contributed by atoms with E-state index in [1.807, 2.05) is 74.8 Å². The van der Waals surface area contributed by atoms with Gasteiger partial charge in [-0.2, -0.15) is 4.98 Å². The molecule has 2 aromatic carbocycles. The molecule has 0 amide bonds. The summed E-state index contributed by atoms with van der Waals surface area (Å²) < 4.78 is 0. The van der Waals surface area contributed by atoms with Crippen LogP contribution in [0.3, 0.4) is 0 Å². The predicted molar refractivity (Wildman–Crippen MR) is 109 cm³/mol. The van der Waals surface area contributed by atoms with Gasteiger partial charge < -0.3 is 15.5 Å². The third-order valence-electron chi connectivity index (χ3n) is 3.75. The topological polar surface area (TPSA) is 53.1 Å². The monoisotopic (exact) mass is 367 g/mol. The summed E-state index contributed by atoms with van der Waals surface area (Å²) in [5.41, 5.74) is 2.83. The first kappa shape index (κ1) is 18.2. The molecule has 0 spiro atoms. The van der Waals surface area contributed by atoms with Crippen LogP contribution in [0.1, 0.15) is 0 Å². The molecule has 134 valence electrons. The summed E-state index contributed by atoms with van der Waals surface area (Å²) >= 11 is 5.96. The molecule has 0 aliphatic rings. The van der Waals surface area contributed by atoms with Gasteiger partial charge >= 0.3 is 0 Å². The standard InChI is InChI=1S/C20H22ClN5/c1-26(2)13-12-22-20-24-18(15-6-4-3-5-7-15)14-19(25-20)23-17-10-8-16(21)9-11-17/h3-11,14H,12-13H2,1-2H3,(H2,22,23,24,25). The molecule has 0 aliphatic carbocycles. The van der Waals surface area contributed by atoms with E-state index in [0.717, 1.165) is 35.9 Å². The van der Waals surface area contributed by atoms with Gasteiger partial charge in [0.05, 0.1) is 5.69 Å². The Bertz CT molecular complexity index is 835. The maximum atomic E-state index is 5.96. The molecule has 1 aromatic heterocycles. The molecule has 0 radical (unpaired) electrons. The van der Waals surface area contributed by atoms with Crippen LogP contribution in [0.15, 0.2) is 60.7 Å². The zero-order chi connectivity index (χ0) is 18.4. The maximum Gasteiger partial charge on any atom is 0.225 e. The zero-order valence-electron chi connectivity index (χ0n) is 14.9. The zero-order valence-corrected chi connectivity index (χ0v) is 15.7. The molecular formula is C20H22ClN5. The number of hydrogen-bond donors (Lipinski definition) is 2. The number of likely N-dealkylation sites (N-methyl/N-ethyl adjacent to an activating group) is 1. The van der Waals surface area contributed by atoms with Gasteiger partial charge in [-0.1, -0.05) is 41.9 Å². The third kappa shape index (κ3) is 5.18. The smallest absolute Gasteiger partial charge is 0.225 e. The Morgan fingerprint density at radius 3 is 2.38 bits per heavy atom. The van der Waals surface area contributed by atoms with E-state index in [0.29, 0.717) is 11.0 Å². The van der Waals surface area contributed by atoms with Crippen molar-refractivity contribution in [2.24, 2.45) is 0 Å². The number of anilines is 3. The van der Waals surface area contributed by atoms with Crippen molar-refractivity contribution in [1.82, 2.24) is 14.9 Å². The maximum absolute atomic E-state index is 5.96. The second-order valence-corrected chi connectivity index (χ2v) is 6.63. The van der Waals surface area contributed by atoms with Crippen molar-refractivity contribution in [3.63, 3.8) is 0 Å². The van der Waals surface area contributed by atoms with Crippen LogP contribution < -0.4 is 10.6 Å². The molecular weight excluding hydrogens is 346 g/mol. The minimum absolute atomic E-state index is 0.602. The van der Waals surface area contributed by atoms with Gasteiger partial charge in [0.1, 0.15) is 5.82 Å². The molecule has 0 bridgehead atoms. The van der Waals surface area contributed by atoms with Crippen LogP contribution in [0, 0.1) is 0 Å². The first-order valence-electron chi connectivity index (χ1n) is 8.46. The number of halogens is 1. The Labute approximate surface area is 159 Å². The molecule has 26 heavy (non-hydrogen) atoms. The molecule has 0 atom stereocenters. The van der Waals surface area contributed by atoms with Crippen molar-refractivity contribution in [1.29, 1.82) is 0 Å². The normalized spacial score (nSPS) is 10.8. The van der Waals surface area contributed by atoms with E-state index in [1.54, 1.807) is 0 Å². The summed E-state index contributed by atoms with van der Waals surface area (Å²) in [6.45, 7) is 1.67. The quantitative estimate of drug-likeness (QED) is 0.643. The lowest BCUT2D eigenvalue weighted by Crippen LogP contribution is -2.21. The van der Waals surface area contributed by atoms with Gasteiger partial charge in [0.15, 0.2) is 0 Å². The Hall–Kier alpha value is -2.63. The molecule has 0 saturated carbocycles. The summed E-state index contributed by atoms with van der Waals surface area (Å²) in [5.74, 6) is 1.33. The van der Waals surface area contributed by atoms with E-state index in [4.69, 9.17) is 11.6 Å². The van der Waals surface area contributed by atoms with Crippen LogP contribution in [-0.4, -0.2) is 42.1 Å². The van der Waals surface area contributed by atoms with Gasteiger partial charge in [0, 0.05) is 35.4 Å². The Kier molecular flexibility index (Phi) is 6.04. The number of hydrogen-bond acceptors (Lipinski definition) is 5. The lowest BCUT2D eigenvalue weighted by Gasteiger charge is -2.13. The third-order valence-corrected chi connectivity index (χ3v) is 4.01. The van der Waals surface area contributed by atoms with E-state index >= 15 is 0 Å². The van der Waals surface area contributed by atoms with Gasteiger partial charge in [0.2, 0.25) is 5.95 Å². The summed E-state index contributed by atoms with van der Waals surface area (Å²) in [5, 5.41) is 7.32. The summed E-state index contributed by atoms with van der Waals surface area (Å²) in [4.78, 5) is 11.4. The molecule has 0 aliphatic heterocycles. The van der Waals surface area contributed by atoms with E-state index in [1.165, 1.54) is 0 Å². The van der Waals surface area contributed by atoms with Gasteiger partial charge in [0.25, 0.3) is 0 Å². The molecule has 3 aromatic rings. The SMILES string of the molecule is CN(C)CCNc1nc(Nc2ccc(Cl)cc2)cc(-c2ccccc2)n1. The van der Waals surface area contributed by atoms with Crippen molar-refractivity contribution in [2.45, 2.75) is 0 Å². The van der Waals surface area contributed by atoms with Gasteiger partial charge in [-0.3, -0.25) is 0 Å². The lowest BCUT2D eigenvalue weighted by molar-refractivity contribution is 0.425. The Morgan fingerprint density at radius 2 is 1.69 bits per heavy atom. The van der Waals surface area contributed by atoms with Crippen molar-refractivity contribution >= 4 is 29.1 Å². The van der Waals surface area contributed by atoms with Crippen LogP contribution in [-0.2, 0) is 0 Å². The number of benzene rings is 2. The molecule has 5 nitrogen and oxygen atoms in total. The van der Waals surface area contributed by atoms with Crippen molar-refractivity contribution in [3.05, 3.63) is 65.7 Å². The van der Waals surface area contributed by atoms with Gasteiger partial charge in [-0.05, 0) is 38.4 Å². The summed E-state index contributed by atoms with van der Waals surface area (Å²) in [6, 6.07) is 19.6. The molecule has 0 fully saturated rings. The highest BCUT2D eigenvalue weighted by Crippen LogP contribution is 2.24. The van der Waals surface area contributed by atoms with Crippen LogP contribution >= 0.6 is 11.6 Å². The molecule has 2 N–H and O–H groups in total. The van der Waals surface area contributed by atoms with E-state index < -0.39 is 0 Å². The van der Waals surface area contributed by atoms with E-state index in [2.05, 4.69) is 25.5 Å². The second kappa shape index (κ2) is 8.65. The average molecular weight is 368 g/mol. The fraction of sp³-hybridized carbons (Fsp3) is 0.200. The highest BCUT2D eigenvalue weighted by molar-refractivity contribution is 6.30. The fourth-order valence-electron chi connectivity index (χ4n) is 2.42. The van der Waals surface area contributed by atoms with E-state index in [-0.39, 0.29) is 0 Å². The van der Waals surface area contributed by atoms with Crippen molar-refractivity contribution < 1.29 is 0 Å². The lowest BCUT2D eigenvalue weighted by atomic mass is 10.1. The molecule has 0 saturated heterocycles. The second-order valence-electron chi connectivity index (χ2n) is 6.19. The Morgan fingerprint density at radius 1 is 0.962 bits per heavy atom. The minimum Gasteiger partial charge on any atom is -0.353 e. The van der Waals surface area contributed by atoms with Crippen LogP contribution in [0.25, 0.3) is 11.3 Å². The van der Waals surface area contributed by atoms with Gasteiger partial charge in [-0.25, -0.2) is 4.98 Å². The highest BCUT2D eigenvalue weighted by atomic mass is 35.5. The molecule has 0 unspecified atom stereocenters. The average Bonchev–Trinajstić information content (AvgIpc) is 2.64. The number of nitrogens with zero attached hydrogens (tertiary/aromatic N) is 3. The predicted octanol–water partition coefficient (Wildman–Crippen LogP) is 4.51. The summed E-state index contributed by atoms with van der Waals surface area (Å²) in [7, 11) is 4.08. The van der Waals surface area contributed by atoms with Crippen LogP contribution in [0.5, 0.6) is 0 Å². The van der Waals surface area contributed by atoms with Crippen molar-refractivity contribution in [3.8, 4) is 11.3 Å². The van der Waals surface area contributed by atoms with Crippen molar-refractivity contribution in [2.75, 3.05) is 37.8 Å². The highest BCUT2D eigenvalue weighted by Gasteiger charge is 2.07. The molecule has 1 heterocycles. The van der Waals surface area contributed by atoms with Crippen LogP contribution in [0.2, 0.25) is 5.02 Å². The number of aromatic nitrogens is 2. The number of rotatable bonds is 7. The largest absolute Gasteiger partial charge is 0.353 e.